The number of hydrogen-bond acceptors (Lipinski definition) is 3. The van der Waals surface area contributed by atoms with Crippen LogP contribution in [0.2, 0.25) is 0 Å². The first-order valence-electron chi connectivity index (χ1n) is 5.11. The molecule has 0 saturated carbocycles. The lowest BCUT2D eigenvalue weighted by Crippen LogP contribution is -2.39. The molecular formula is C10H18N4O. The Morgan fingerprint density at radius 1 is 1.60 bits per heavy atom. The number of H-pyrrole nitrogens is 1. The van der Waals surface area contributed by atoms with Crippen LogP contribution in [0.15, 0.2) is 12.3 Å². The second kappa shape index (κ2) is 5.50. The number of hydrogen-bond donors (Lipinski definition) is 3. The van der Waals surface area contributed by atoms with Gasteiger partial charge < -0.3 is 10.6 Å². The van der Waals surface area contributed by atoms with Crippen molar-refractivity contribution in [1.82, 2.24) is 15.5 Å². The maximum Gasteiger partial charge on any atom is 0.242 e. The van der Waals surface area contributed by atoms with Gasteiger partial charge in [0.05, 0.1) is 12.2 Å². The van der Waals surface area contributed by atoms with Gasteiger partial charge in [0.2, 0.25) is 5.91 Å². The Bertz CT molecular complexity index is 294. The number of likely N-dealkylation sites (N-methyl/N-ethyl adjacent to an activating group) is 1. The third kappa shape index (κ3) is 3.71. The topological polar surface area (TPSA) is 69.8 Å². The summed E-state index contributed by atoms with van der Waals surface area (Å²) in [6.07, 6.45) is 2.42. The van der Waals surface area contributed by atoms with Crippen LogP contribution in [0.25, 0.3) is 0 Å². The first kappa shape index (κ1) is 11.7. The number of rotatable bonds is 5. The maximum atomic E-state index is 11.8. The van der Waals surface area contributed by atoms with Gasteiger partial charge in [-0.1, -0.05) is 13.8 Å². The summed E-state index contributed by atoms with van der Waals surface area (Å²) in [5.74, 6) is 1.08. The third-order valence-electron chi connectivity index (χ3n) is 2.13. The molecule has 1 atom stereocenters. The normalized spacial score (nSPS) is 12.8. The van der Waals surface area contributed by atoms with Gasteiger partial charge in [0.25, 0.3) is 0 Å². The first-order chi connectivity index (χ1) is 7.13. The van der Waals surface area contributed by atoms with Gasteiger partial charge in [-0.2, -0.15) is 5.10 Å². The molecule has 1 aromatic heterocycles. The molecule has 0 aliphatic heterocycles. The van der Waals surface area contributed by atoms with E-state index in [1.54, 1.807) is 19.3 Å². The number of amides is 1. The highest BCUT2D eigenvalue weighted by molar-refractivity contribution is 5.93. The van der Waals surface area contributed by atoms with E-state index in [-0.39, 0.29) is 11.9 Å². The summed E-state index contributed by atoms with van der Waals surface area (Å²) in [6, 6.07) is 1.56. The van der Waals surface area contributed by atoms with E-state index in [0.717, 1.165) is 6.42 Å². The Balaban J connectivity index is 2.50. The molecule has 1 aromatic rings. The molecule has 1 unspecified atom stereocenters. The molecule has 0 bridgehead atoms. The van der Waals surface area contributed by atoms with Crippen LogP contribution in [0.5, 0.6) is 0 Å². The fraction of sp³-hybridized carbons (Fsp3) is 0.600. The van der Waals surface area contributed by atoms with Crippen molar-refractivity contribution in [2.45, 2.75) is 26.3 Å². The molecule has 0 spiro atoms. The Morgan fingerprint density at radius 3 is 2.80 bits per heavy atom. The lowest BCUT2D eigenvalue weighted by molar-refractivity contribution is -0.118. The smallest absolute Gasteiger partial charge is 0.242 e. The minimum Gasteiger partial charge on any atom is -0.310 e. The van der Waals surface area contributed by atoms with E-state index in [4.69, 9.17) is 0 Å². The summed E-state index contributed by atoms with van der Waals surface area (Å²) in [5, 5.41) is 12.2. The summed E-state index contributed by atoms with van der Waals surface area (Å²) < 4.78 is 0. The summed E-state index contributed by atoms with van der Waals surface area (Å²) in [7, 11) is 1.79. The Kier molecular flexibility index (Phi) is 4.30. The van der Waals surface area contributed by atoms with Gasteiger partial charge in [-0.25, -0.2) is 0 Å². The third-order valence-corrected chi connectivity index (χ3v) is 2.13. The molecule has 0 aliphatic carbocycles. The summed E-state index contributed by atoms with van der Waals surface area (Å²) in [4.78, 5) is 11.8. The van der Waals surface area contributed by atoms with Gasteiger partial charge in [0.15, 0.2) is 0 Å². The molecule has 0 fully saturated rings. The average molecular weight is 210 g/mol. The van der Waals surface area contributed by atoms with Crippen LogP contribution in [-0.2, 0) is 4.79 Å². The molecule has 5 nitrogen and oxygen atoms in total. The summed E-state index contributed by atoms with van der Waals surface area (Å²) in [6.45, 7) is 4.18. The van der Waals surface area contributed by atoms with Gasteiger partial charge in [-0.05, 0) is 19.4 Å². The SMILES string of the molecule is CNC(CC(C)C)C(=O)Nc1ccn[nH]1. The monoisotopic (exact) mass is 210 g/mol. The number of carbonyl (C=O) groups excluding carboxylic acids is 1. The lowest BCUT2D eigenvalue weighted by Gasteiger charge is -2.17. The quantitative estimate of drug-likeness (QED) is 0.678. The molecule has 3 N–H and O–H groups in total. The van der Waals surface area contributed by atoms with Crippen LogP contribution in [-0.4, -0.2) is 29.2 Å². The molecular weight excluding hydrogens is 192 g/mol. The van der Waals surface area contributed by atoms with Crippen LogP contribution < -0.4 is 10.6 Å². The summed E-state index contributed by atoms with van der Waals surface area (Å²) >= 11 is 0. The second-order valence-electron chi connectivity index (χ2n) is 3.93. The minimum atomic E-state index is -0.159. The van der Waals surface area contributed by atoms with E-state index < -0.39 is 0 Å². The van der Waals surface area contributed by atoms with Crippen molar-refractivity contribution in [2.75, 3.05) is 12.4 Å². The van der Waals surface area contributed by atoms with E-state index in [9.17, 15) is 4.79 Å². The van der Waals surface area contributed by atoms with E-state index in [1.807, 2.05) is 0 Å². The molecule has 5 heteroatoms. The van der Waals surface area contributed by atoms with E-state index in [1.165, 1.54) is 0 Å². The van der Waals surface area contributed by atoms with Crippen LogP contribution in [0.3, 0.4) is 0 Å². The Hall–Kier alpha value is -1.36. The van der Waals surface area contributed by atoms with Crippen molar-refractivity contribution in [1.29, 1.82) is 0 Å². The molecule has 0 aromatic carbocycles. The number of nitrogens with one attached hydrogen (secondary N) is 3. The predicted octanol–water partition coefficient (Wildman–Crippen LogP) is 0.982. The number of carbonyl (C=O) groups is 1. The van der Waals surface area contributed by atoms with Crippen LogP contribution in [0.1, 0.15) is 20.3 Å². The van der Waals surface area contributed by atoms with Gasteiger partial charge >= 0.3 is 0 Å². The standard InChI is InChI=1S/C10H18N4O/c1-7(2)6-8(11-3)10(15)13-9-4-5-12-14-9/h4-5,7-8,11H,6H2,1-3H3,(H2,12,13,14,15). The highest BCUT2D eigenvalue weighted by Crippen LogP contribution is 2.07. The van der Waals surface area contributed by atoms with Crippen molar-refractivity contribution in [3.05, 3.63) is 12.3 Å². The molecule has 1 heterocycles. The van der Waals surface area contributed by atoms with Crippen molar-refractivity contribution in [3.8, 4) is 0 Å². The van der Waals surface area contributed by atoms with Crippen molar-refractivity contribution < 1.29 is 4.79 Å². The number of aromatic amines is 1. The Morgan fingerprint density at radius 2 is 2.33 bits per heavy atom. The molecule has 1 amide bonds. The van der Waals surface area contributed by atoms with Gasteiger partial charge in [0.1, 0.15) is 5.82 Å². The van der Waals surface area contributed by atoms with E-state index in [2.05, 4.69) is 34.7 Å². The van der Waals surface area contributed by atoms with Gasteiger partial charge in [-0.15, -0.1) is 0 Å². The average Bonchev–Trinajstić information content (AvgIpc) is 2.66. The number of anilines is 1. The molecule has 84 valence electrons. The fourth-order valence-corrected chi connectivity index (χ4v) is 1.37. The Labute approximate surface area is 89.6 Å². The maximum absolute atomic E-state index is 11.8. The van der Waals surface area contributed by atoms with Crippen LogP contribution in [0.4, 0.5) is 5.82 Å². The molecule has 0 aliphatic rings. The zero-order chi connectivity index (χ0) is 11.3. The minimum absolute atomic E-state index is 0.0320. The largest absolute Gasteiger partial charge is 0.310 e. The zero-order valence-corrected chi connectivity index (χ0v) is 9.37. The van der Waals surface area contributed by atoms with E-state index >= 15 is 0 Å². The predicted molar refractivity (Wildman–Crippen MR) is 59.5 cm³/mol. The van der Waals surface area contributed by atoms with Crippen molar-refractivity contribution >= 4 is 11.7 Å². The number of nitrogens with zero attached hydrogens (tertiary/aromatic N) is 1. The molecule has 0 saturated heterocycles. The lowest BCUT2D eigenvalue weighted by atomic mass is 10.0. The number of aromatic nitrogens is 2. The molecule has 1 rings (SSSR count). The highest BCUT2D eigenvalue weighted by atomic mass is 16.2. The van der Waals surface area contributed by atoms with Gasteiger partial charge in [0, 0.05) is 6.07 Å². The van der Waals surface area contributed by atoms with Crippen molar-refractivity contribution in [2.24, 2.45) is 5.92 Å². The molecule has 15 heavy (non-hydrogen) atoms. The highest BCUT2D eigenvalue weighted by Gasteiger charge is 2.17. The first-order valence-corrected chi connectivity index (χ1v) is 5.11. The van der Waals surface area contributed by atoms with E-state index in [0.29, 0.717) is 11.7 Å². The van der Waals surface area contributed by atoms with Crippen molar-refractivity contribution in [3.63, 3.8) is 0 Å². The second-order valence-corrected chi connectivity index (χ2v) is 3.93. The van der Waals surface area contributed by atoms with Crippen LogP contribution in [0, 0.1) is 5.92 Å². The summed E-state index contributed by atoms with van der Waals surface area (Å²) in [5.41, 5.74) is 0. The molecule has 0 radical (unpaired) electrons. The fourth-order valence-electron chi connectivity index (χ4n) is 1.37. The van der Waals surface area contributed by atoms with Crippen LogP contribution >= 0.6 is 0 Å². The van der Waals surface area contributed by atoms with Gasteiger partial charge in [-0.3, -0.25) is 9.89 Å². The zero-order valence-electron chi connectivity index (χ0n) is 9.37.